The van der Waals surface area contributed by atoms with Crippen LogP contribution in [-0.2, 0) is 16.1 Å². The van der Waals surface area contributed by atoms with Gasteiger partial charge in [-0.25, -0.2) is 8.78 Å². The van der Waals surface area contributed by atoms with Crippen LogP contribution in [0.1, 0.15) is 11.1 Å². The number of H-pyrrole nitrogens is 1. The maximum Gasteiger partial charge on any atom is 0.259 e. The van der Waals surface area contributed by atoms with E-state index in [-0.39, 0.29) is 11.1 Å². The van der Waals surface area contributed by atoms with E-state index in [4.69, 9.17) is 5.73 Å². The average molecular weight is 406 g/mol. The maximum absolute atomic E-state index is 14.0. The molecule has 0 fully saturated rings. The van der Waals surface area contributed by atoms with Gasteiger partial charge in [0, 0.05) is 58.4 Å². The van der Waals surface area contributed by atoms with Crippen LogP contribution in [0.25, 0.3) is 33.0 Å². The number of imide groups is 1. The van der Waals surface area contributed by atoms with Crippen molar-refractivity contribution in [1.82, 2.24) is 14.9 Å². The lowest BCUT2D eigenvalue weighted by atomic mass is 9.95. The van der Waals surface area contributed by atoms with Crippen LogP contribution < -0.4 is 11.1 Å². The SMILES string of the molecule is NCCn1cc(C2=C(c3c[nH]c4ccc(F)cc34)C(=O)NC2=O)c2cc(F)ccc21. The monoisotopic (exact) mass is 406 g/mol. The summed E-state index contributed by atoms with van der Waals surface area (Å²) in [6.45, 7) is 0.804. The minimum absolute atomic E-state index is 0.118. The number of nitrogens with two attached hydrogens (primary N) is 1. The van der Waals surface area contributed by atoms with Crippen LogP contribution in [0.5, 0.6) is 0 Å². The van der Waals surface area contributed by atoms with Crippen LogP contribution in [0.15, 0.2) is 48.8 Å². The van der Waals surface area contributed by atoms with E-state index in [1.807, 2.05) is 4.57 Å². The highest BCUT2D eigenvalue weighted by Crippen LogP contribution is 2.38. The van der Waals surface area contributed by atoms with E-state index < -0.39 is 23.4 Å². The minimum atomic E-state index is -0.587. The number of carbonyl (C=O) groups excluding carboxylic acids is 2. The van der Waals surface area contributed by atoms with E-state index >= 15 is 0 Å². The van der Waals surface area contributed by atoms with E-state index in [9.17, 15) is 18.4 Å². The zero-order valence-corrected chi connectivity index (χ0v) is 15.6. The molecule has 1 aliphatic rings. The maximum atomic E-state index is 14.0. The van der Waals surface area contributed by atoms with Crippen molar-refractivity contribution in [1.29, 1.82) is 0 Å². The molecule has 8 heteroatoms. The molecule has 4 aromatic rings. The first-order valence-corrected chi connectivity index (χ1v) is 9.33. The van der Waals surface area contributed by atoms with E-state index in [2.05, 4.69) is 10.3 Å². The van der Waals surface area contributed by atoms with Gasteiger partial charge in [-0.2, -0.15) is 0 Å². The largest absolute Gasteiger partial charge is 0.361 e. The van der Waals surface area contributed by atoms with Crippen molar-refractivity contribution in [3.05, 3.63) is 71.6 Å². The number of nitrogens with one attached hydrogen (secondary N) is 2. The molecule has 3 heterocycles. The Kier molecular flexibility index (Phi) is 4.04. The highest BCUT2D eigenvalue weighted by atomic mass is 19.1. The molecule has 30 heavy (non-hydrogen) atoms. The summed E-state index contributed by atoms with van der Waals surface area (Å²) in [4.78, 5) is 28.5. The molecule has 0 radical (unpaired) electrons. The Morgan fingerprint density at radius 2 is 1.57 bits per heavy atom. The van der Waals surface area contributed by atoms with Gasteiger partial charge in [0.15, 0.2) is 0 Å². The molecular weight excluding hydrogens is 390 g/mol. The second-order valence-corrected chi connectivity index (χ2v) is 7.11. The van der Waals surface area contributed by atoms with Gasteiger partial charge in [0.2, 0.25) is 0 Å². The number of amides is 2. The Hall–Kier alpha value is -3.78. The number of halogens is 2. The van der Waals surface area contributed by atoms with Gasteiger partial charge >= 0.3 is 0 Å². The molecule has 0 saturated carbocycles. The molecule has 0 bridgehead atoms. The van der Waals surface area contributed by atoms with Gasteiger partial charge in [0.1, 0.15) is 11.6 Å². The summed E-state index contributed by atoms with van der Waals surface area (Å²) in [7, 11) is 0. The van der Waals surface area contributed by atoms with Crippen molar-refractivity contribution in [3.8, 4) is 0 Å². The number of aromatic amines is 1. The van der Waals surface area contributed by atoms with Crippen molar-refractivity contribution >= 4 is 44.8 Å². The zero-order valence-electron chi connectivity index (χ0n) is 15.6. The molecule has 5 rings (SSSR count). The number of carbonyl (C=O) groups is 2. The average Bonchev–Trinajstić information content (AvgIpc) is 3.35. The van der Waals surface area contributed by atoms with Crippen LogP contribution in [-0.4, -0.2) is 27.9 Å². The Morgan fingerprint density at radius 3 is 2.30 bits per heavy atom. The molecule has 0 unspecified atom stereocenters. The first kappa shape index (κ1) is 18.3. The molecule has 2 amide bonds. The molecule has 0 saturated heterocycles. The third-order valence-corrected chi connectivity index (χ3v) is 5.33. The summed E-state index contributed by atoms with van der Waals surface area (Å²) in [6, 6.07) is 8.44. The van der Waals surface area contributed by atoms with Gasteiger partial charge in [-0.1, -0.05) is 0 Å². The van der Waals surface area contributed by atoms with Crippen LogP contribution in [0.4, 0.5) is 8.78 Å². The minimum Gasteiger partial charge on any atom is -0.361 e. The fraction of sp³-hybridized carbons (Fsp3) is 0.0909. The quantitative estimate of drug-likeness (QED) is 0.455. The third-order valence-electron chi connectivity index (χ3n) is 5.33. The van der Waals surface area contributed by atoms with Crippen molar-refractivity contribution in [2.24, 2.45) is 5.73 Å². The highest BCUT2D eigenvalue weighted by molar-refractivity contribution is 6.50. The van der Waals surface area contributed by atoms with Gasteiger partial charge in [-0.05, 0) is 36.4 Å². The van der Waals surface area contributed by atoms with Gasteiger partial charge in [-0.3, -0.25) is 14.9 Å². The smallest absolute Gasteiger partial charge is 0.259 e. The van der Waals surface area contributed by atoms with E-state index in [0.717, 1.165) is 0 Å². The van der Waals surface area contributed by atoms with Gasteiger partial charge in [0.25, 0.3) is 11.8 Å². The molecule has 0 aliphatic carbocycles. The van der Waals surface area contributed by atoms with Crippen molar-refractivity contribution in [2.75, 3.05) is 6.54 Å². The normalized spacial score (nSPS) is 14.4. The Morgan fingerprint density at radius 1 is 0.900 bits per heavy atom. The molecule has 4 N–H and O–H groups in total. The molecule has 150 valence electrons. The molecule has 0 spiro atoms. The highest BCUT2D eigenvalue weighted by Gasteiger charge is 2.35. The van der Waals surface area contributed by atoms with Gasteiger partial charge < -0.3 is 15.3 Å². The summed E-state index contributed by atoms with van der Waals surface area (Å²) < 4.78 is 29.7. The summed E-state index contributed by atoms with van der Waals surface area (Å²) >= 11 is 0. The second kappa shape index (κ2) is 6.64. The number of rotatable bonds is 4. The first-order chi connectivity index (χ1) is 14.5. The predicted molar refractivity (Wildman–Crippen MR) is 109 cm³/mol. The zero-order chi connectivity index (χ0) is 21.0. The fourth-order valence-corrected chi connectivity index (χ4v) is 4.06. The second-order valence-electron chi connectivity index (χ2n) is 7.11. The summed E-state index contributed by atoms with van der Waals surface area (Å²) in [5, 5.41) is 3.28. The van der Waals surface area contributed by atoms with E-state index in [0.29, 0.717) is 46.0 Å². The topological polar surface area (TPSA) is 92.9 Å². The Bertz CT molecular complexity index is 1400. The summed E-state index contributed by atoms with van der Waals surface area (Å²) in [5.74, 6) is -2.10. The lowest BCUT2D eigenvalue weighted by Crippen LogP contribution is -2.22. The number of hydrogen-bond acceptors (Lipinski definition) is 3. The van der Waals surface area contributed by atoms with E-state index in [1.165, 1.54) is 24.3 Å². The summed E-state index contributed by atoms with van der Waals surface area (Å²) in [5.41, 5.74) is 8.08. The predicted octanol–water partition coefficient (Wildman–Crippen LogP) is 2.93. The molecule has 1 aliphatic heterocycles. The molecule has 6 nitrogen and oxygen atoms in total. The molecule has 0 atom stereocenters. The molecule has 2 aromatic heterocycles. The van der Waals surface area contributed by atoms with Crippen LogP contribution in [0.2, 0.25) is 0 Å². The number of benzene rings is 2. The van der Waals surface area contributed by atoms with Gasteiger partial charge in [0.05, 0.1) is 11.1 Å². The van der Waals surface area contributed by atoms with Crippen molar-refractivity contribution in [3.63, 3.8) is 0 Å². The van der Waals surface area contributed by atoms with Gasteiger partial charge in [-0.15, -0.1) is 0 Å². The number of nitrogens with zero attached hydrogens (tertiary/aromatic N) is 1. The Balaban J connectivity index is 1.84. The fourth-order valence-electron chi connectivity index (χ4n) is 4.06. The summed E-state index contributed by atoms with van der Waals surface area (Å²) in [6.07, 6.45) is 3.26. The first-order valence-electron chi connectivity index (χ1n) is 9.33. The number of hydrogen-bond donors (Lipinski definition) is 3. The lowest BCUT2D eigenvalue weighted by Gasteiger charge is -2.03. The van der Waals surface area contributed by atoms with Crippen LogP contribution in [0, 0.1) is 11.6 Å². The number of aromatic nitrogens is 2. The molecule has 2 aromatic carbocycles. The van der Waals surface area contributed by atoms with E-state index in [1.54, 1.807) is 24.5 Å². The van der Waals surface area contributed by atoms with Crippen molar-refractivity contribution in [2.45, 2.75) is 6.54 Å². The van der Waals surface area contributed by atoms with Crippen LogP contribution >= 0.6 is 0 Å². The van der Waals surface area contributed by atoms with Crippen LogP contribution in [0.3, 0.4) is 0 Å². The third kappa shape index (κ3) is 2.65. The van der Waals surface area contributed by atoms with Crippen molar-refractivity contribution < 1.29 is 18.4 Å². The Labute approximate surface area is 169 Å². The number of fused-ring (bicyclic) bond motifs is 2. The molecular formula is C22H16F2N4O2. The standard InChI is InChI=1S/C22H16F2N4O2/c23-11-1-3-17-13(7-11)15(9-26-17)19-20(22(30)27-21(19)29)16-10-28(6-5-25)18-4-2-12(24)8-14(16)18/h1-4,7-10,26H,5-6,25H2,(H,27,29,30). The lowest BCUT2D eigenvalue weighted by molar-refractivity contribution is -0.122.